The molecule has 2 heterocycles. The average molecular weight is 265 g/mol. The number of nitrogen functional groups attached to an aromatic ring is 1. The summed E-state index contributed by atoms with van der Waals surface area (Å²) in [5.74, 6) is 6.08. The number of hydrazine groups is 1. The summed E-state index contributed by atoms with van der Waals surface area (Å²) < 4.78 is 0. The molecule has 1 atom stereocenters. The summed E-state index contributed by atoms with van der Waals surface area (Å²) >= 11 is 6.01. The predicted octanol–water partition coefficient (Wildman–Crippen LogP) is 1.98. The Morgan fingerprint density at radius 1 is 1.39 bits per heavy atom. The molecule has 0 saturated carbocycles. The van der Waals surface area contributed by atoms with Crippen LogP contribution in [0, 0.1) is 0 Å². The molecule has 0 aliphatic carbocycles. The van der Waals surface area contributed by atoms with Crippen LogP contribution < -0.4 is 16.6 Å². The highest BCUT2D eigenvalue weighted by Crippen LogP contribution is 2.24. The molecule has 7 heteroatoms. The van der Waals surface area contributed by atoms with E-state index in [1.807, 2.05) is 19.1 Å². The Balaban J connectivity index is 2.18. The van der Waals surface area contributed by atoms with Crippen molar-refractivity contribution in [2.75, 3.05) is 10.7 Å². The van der Waals surface area contributed by atoms with Crippen LogP contribution in [0.3, 0.4) is 0 Å². The van der Waals surface area contributed by atoms with Gasteiger partial charge in [0.05, 0.1) is 12.2 Å². The van der Waals surface area contributed by atoms with Crippen LogP contribution in [0.5, 0.6) is 0 Å². The van der Waals surface area contributed by atoms with E-state index >= 15 is 0 Å². The molecule has 2 aromatic heterocycles. The zero-order chi connectivity index (χ0) is 13.0. The molecule has 0 radical (unpaired) electrons. The summed E-state index contributed by atoms with van der Waals surface area (Å²) in [5.41, 5.74) is 3.41. The average Bonchev–Trinajstić information content (AvgIpc) is 2.42. The Bertz CT molecular complexity index is 518. The number of nitrogens with zero attached hydrogens (tertiary/aromatic N) is 3. The predicted molar refractivity (Wildman–Crippen MR) is 71.1 cm³/mol. The molecule has 0 bridgehead atoms. The first-order valence-electron chi connectivity index (χ1n) is 5.36. The first kappa shape index (κ1) is 12.5. The molecule has 0 fully saturated rings. The Hall–Kier alpha value is -1.92. The first-order chi connectivity index (χ1) is 8.70. The lowest BCUT2D eigenvalue weighted by atomic mass is 10.1. The fraction of sp³-hybridized carbons (Fsp3) is 0.182. The normalized spacial score (nSPS) is 11.9. The van der Waals surface area contributed by atoms with Crippen LogP contribution in [-0.4, -0.2) is 15.0 Å². The molecule has 18 heavy (non-hydrogen) atoms. The van der Waals surface area contributed by atoms with Crippen LogP contribution in [0.1, 0.15) is 18.5 Å². The topological polar surface area (TPSA) is 88.8 Å². The fourth-order valence-corrected chi connectivity index (χ4v) is 1.60. The Morgan fingerprint density at radius 2 is 2.22 bits per heavy atom. The summed E-state index contributed by atoms with van der Waals surface area (Å²) in [5, 5.41) is 3.62. The minimum Gasteiger partial charge on any atom is -0.362 e. The van der Waals surface area contributed by atoms with Gasteiger partial charge in [0.2, 0.25) is 5.95 Å². The summed E-state index contributed by atoms with van der Waals surface area (Å²) in [6.07, 6.45) is 5.00. The van der Waals surface area contributed by atoms with Crippen molar-refractivity contribution in [1.82, 2.24) is 15.0 Å². The summed E-state index contributed by atoms with van der Waals surface area (Å²) in [7, 11) is 0. The van der Waals surface area contributed by atoms with Gasteiger partial charge in [-0.05, 0) is 18.6 Å². The second-order valence-electron chi connectivity index (χ2n) is 3.69. The van der Waals surface area contributed by atoms with Crippen LogP contribution in [-0.2, 0) is 0 Å². The van der Waals surface area contributed by atoms with Crippen molar-refractivity contribution in [3.8, 4) is 0 Å². The number of halogens is 1. The maximum Gasteiger partial charge on any atom is 0.239 e. The number of rotatable bonds is 4. The molecular formula is C11H13ClN6. The van der Waals surface area contributed by atoms with Crippen LogP contribution >= 0.6 is 11.6 Å². The molecule has 0 amide bonds. The van der Waals surface area contributed by atoms with E-state index < -0.39 is 0 Å². The van der Waals surface area contributed by atoms with Gasteiger partial charge in [0.25, 0.3) is 0 Å². The van der Waals surface area contributed by atoms with Crippen molar-refractivity contribution >= 4 is 23.4 Å². The lowest BCUT2D eigenvalue weighted by molar-refractivity contribution is 0.864. The largest absolute Gasteiger partial charge is 0.362 e. The SMILES string of the molecule is CC(Nc1nc(NN)ncc1Cl)c1cccnc1. The van der Waals surface area contributed by atoms with Gasteiger partial charge >= 0.3 is 0 Å². The Kier molecular flexibility index (Phi) is 3.91. The van der Waals surface area contributed by atoms with E-state index in [0.29, 0.717) is 16.8 Å². The van der Waals surface area contributed by atoms with Crippen LogP contribution in [0.4, 0.5) is 11.8 Å². The minimum atomic E-state index is 0.0247. The zero-order valence-electron chi connectivity index (χ0n) is 9.76. The standard InChI is InChI=1S/C11H13ClN6/c1-7(8-3-2-4-14-5-8)16-10-9(12)6-15-11(17-10)18-13/h2-7H,13H2,1H3,(H2,15,16,17,18). The second-order valence-corrected chi connectivity index (χ2v) is 4.09. The third kappa shape index (κ3) is 2.85. The molecule has 4 N–H and O–H groups in total. The quantitative estimate of drug-likeness (QED) is 0.578. The van der Waals surface area contributed by atoms with Crippen LogP contribution in [0.2, 0.25) is 5.02 Å². The van der Waals surface area contributed by atoms with Gasteiger partial charge in [0, 0.05) is 12.4 Å². The van der Waals surface area contributed by atoms with Crippen LogP contribution in [0.15, 0.2) is 30.7 Å². The number of anilines is 2. The highest BCUT2D eigenvalue weighted by molar-refractivity contribution is 6.32. The highest BCUT2D eigenvalue weighted by atomic mass is 35.5. The monoisotopic (exact) mass is 264 g/mol. The molecule has 0 spiro atoms. The molecule has 0 aliphatic rings. The number of hydrogen-bond acceptors (Lipinski definition) is 6. The van der Waals surface area contributed by atoms with E-state index in [4.69, 9.17) is 17.4 Å². The summed E-state index contributed by atoms with van der Waals surface area (Å²) in [6.45, 7) is 1.99. The van der Waals surface area contributed by atoms with Gasteiger partial charge in [0.15, 0.2) is 5.82 Å². The molecule has 2 rings (SSSR count). The second kappa shape index (κ2) is 5.61. The van der Waals surface area contributed by atoms with Gasteiger partial charge in [0.1, 0.15) is 5.02 Å². The van der Waals surface area contributed by atoms with E-state index in [1.165, 1.54) is 6.20 Å². The smallest absolute Gasteiger partial charge is 0.239 e. The third-order valence-electron chi connectivity index (χ3n) is 2.41. The van der Waals surface area contributed by atoms with Crippen molar-refractivity contribution in [3.63, 3.8) is 0 Å². The Morgan fingerprint density at radius 3 is 2.89 bits per heavy atom. The third-order valence-corrected chi connectivity index (χ3v) is 2.69. The van der Waals surface area contributed by atoms with Crippen molar-refractivity contribution in [3.05, 3.63) is 41.3 Å². The summed E-state index contributed by atoms with van der Waals surface area (Å²) in [6, 6.07) is 3.88. The molecule has 2 aromatic rings. The van der Waals surface area contributed by atoms with E-state index in [1.54, 1.807) is 12.4 Å². The van der Waals surface area contributed by atoms with E-state index in [0.717, 1.165) is 5.56 Å². The first-order valence-corrected chi connectivity index (χ1v) is 5.74. The van der Waals surface area contributed by atoms with Gasteiger partial charge < -0.3 is 5.32 Å². The zero-order valence-corrected chi connectivity index (χ0v) is 10.5. The van der Waals surface area contributed by atoms with Gasteiger partial charge in [-0.3, -0.25) is 10.4 Å². The molecule has 0 aliphatic heterocycles. The molecule has 0 aromatic carbocycles. The molecule has 0 saturated heterocycles. The highest BCUT2D eigenvalue weighted by Gasteiger charge is 2.10. The fourth-order valence-electron chi connectivity index (χ4n) is 1.46. The van der Waals surface area contributed by atoms with E-state index in [2.05, 4.69) is 25.7 Å². The number of aromatic nitrogens is 3. The lowest BCUT2D eigenvalue weighted by Gasteiger charge is -2.15. The molecule has 94 valence electrons. The number of pyridine rings is 1. The van der Waals surface area contributed by atoms with Gasteiger partial charge in [-0.2, -0.15) is 4.98 Å². The van der Waals surface area contributed by atoms with Gasteiger partial charge in [-0.25, -0.2) is 10.8 Å². The molecule has 1 unspecified atom stereocenters. The Labute approximate surface area is 110 Å². The van der Waals surface area contributed by atoms with Gasteiger partial charge in [-0.15, -0.1) is 0 Å². The number of nitrogens with one attached hydrogen (secondary N) is 2. The van der Waals surface area contributed by atoms with Crippen molar-refractivity contribution in [1.29, 1.82) is 0 Å². The maximum absolute atomic E-state index is 6.01. The van der Waals surface area contributed by atoms with E-state index in [-0.39, 0.29) is 6.04 Å². The lowest BCUT2D eigenvalue weighted by Crippen LogP contribution is -2.13. The van der Waals surface area contributed by atoms with Crippen LogP contribution in [0.25, 0.3) is 0 Å². The number of hydrogen-bond donors (Lipinski definition) is 3. The maximum atomic E-state index is 6.01. The summed E-state index contributed by atoms with van der Waals surface area (Å²) in [4.78, 5) is 12.1. The molecular weight excluding hydrogens is 252 g/mol. The van der Waals surface area contributed by atoms with E-state index in [9.17, 15) is 0 Å². The number of nitrogens with two attached hydrogens (primary N) is 1. The van der Waals surface area contributed by atoms with Crippen molar-refractivity contribution in [2.24, 2.45) is 5.84 Å². The molecule has 6 nitrogen and oxygen atoms in total. The minimum absolute atomic E-state index is 0.0247. The van der Waals surface area contributed by atoms with Gasteiger partial charge in [-0.1, -0.05) is 17.7 Å². The van der Waals surface area contributed by atoms with Crippen molar-refractivity contribution < 1.29 is 0 Å². The van der Waals surface area contributed by atoms with Crippen molar-refractivity contribution in [2.45, 2.75) is 13.0 Å².